The number of benzene rings is 1. The summed E-state index contributed by atoms with van der Waals surface area (Å²) >= 11 is 0. The highest BCUT2D eigenvalue weighted by atomic mass is 19.1. The third kappa shape index (κ3) is 3.58. The molecule has 1 saturated carbocycles. The fraction of sp³-hybridized carbons (Fsp3) is 0.647. The van der Waals surface area contributed by atoms with Gasteiger partial charge in [0, 0.05) is 17.6 Å². The van der Waals surface area contributed by atoms with E-state index >= 15 is 0 Å². The van der Waals surface area contributed by atoms with Crippen molar-refractivity contribution in [2.24, 2.45) is 5.92 Å². The van der Waals surface area contributed by atoms with Gasteiger partial charge >= 0.3 is 0 Å². The molecule has 20 heavy (non-hydrogen) atoms. The van der Waals surface area contributed by atoms with Crippen molar-refractivity contribution in [3.05, 3.63) is 35.6 Å². The molecule has 0 amide bonds. The van der Waals surface area contributed by atoms with E-state index in [-0.39, 0.29) is 11.9 Å². The first-order chi connectivity index (χ1) is 9.63. The van der Waals surface area contributed by atoms with Crippen molar-refractivity contribution in [1.82, 2.24) is 10.2 Å². The summed E-state index contributed by atoms with van der Waals surface area (Å²) in [7, 11) is 4.16. The molecule has 2 nitrogen and oxygen atoms in total. The van der Waals surface area contributed by atoms with Gasteiger partial charge in [0.1, 0.15) is 5.82 Å². The van der Waals surface area contributed by atoms with Crippen LogP contribution < -0.4 is 5.32 Å². The summed E-state index contributed by atoms with van der Waals surface area (Å²) in [5.41, 5.74) is 0.798. The number of rotatable bonds is 6. The summed E-state index contributed by atoms with van der Waals surface area (Å²) < 4.78 is 13.8. The molecule has 0 heterocycles. The average Bonchev–Trinajstić information content (AvgIpc) is 2.92. The highest BCUT2D eigenvalue weighted by Gasteiger charge is 2.26. The maximum absolute atomic E-state index is 13.8. The van der Waals surface area contributed by atoms with E-state index in [4.69, 9.17) is 0 Å². The van der Waals surface area contributed by atoms with Gasteiger partial charge in [-0.15, -0.1) is 0 Å². The molecule has 1 aromatic rings. The summed E-state index contributed by atoms with van der Waals surface area (Å²) in [4.78, 5) is 2.27. The Balaban J connectivity index is 1.88. The predicted molar refractivity (Wildman–Crippen MR) is 82.3 cm³/mol. The molecule has 0 aliphatic heterocycles. The Bertz CT molecular complexity index is 421. The number of hydrogen-bond donors (Lipinski definition) is 1. The van der Waals surface area contributed by atoms with Gasteiger partial charge in [0.2, 0.25) is 0 Å². The summed E-state index contributed by atoms with van der Waals surface area (Å²) in [5.74, 6) is 0.677. The zero-order chi connectivity index (χ0) is 14.5. The topological polar surface area (TPSA) is 15.3 Å². The van der Waals surface area contributed by atoms with Gasteiger partial charge in [0.15, 0.2) is 0 Å². The Morgan fingerprint density at radius 1 is 1.35 bits per heavy atom. The SMILES string of the molecule is CNC1CCCC1CCN(C)C(C)c1ccccc1F. The second-order valence-corrected chi connectivity index (χ2v) is 6.05. The highest BCUT2D eigenvalue weighted by molar-refractivity contribution is 5.20. The Kier molecular flexibility index (Phi) is 5.55. The Labute approximate surface area is 122 Å². The van der Waals surface area contributed by atoms with Crippen LogP contribution in [-0.4, -0.2) is 31.6 Å². The van der Waals surface area contributed by atoms with Crippen LogP contribution in [0.3, 0.4) is 0 Å². The van der Waals surface area contributed by atoms with Gasteiger partial charge in [-0.25, -0.2) is 4.39 Å². The maximum atomic E-state index is 13.8. The fourth-order valence-electron chi connectivity index (χ4n) is 3.38. The quantitative estimate of drug-likeness (QED) is 0.855. The van der Waals surface area contributed by atoms with E-state index in [1.165, 1.54) is 25.7 Å². The van der Waals surface area contributed by atoms with Crippen LogP contribution in [0.25, 0.3) is 0 Å². The summed E-state index contributed by atoms with van der Waals surface area (Å²) in [6.45, 7) is 3.11. The van der Waals surface area contributed by atoms with E-state index in [9.17, 15) is 4.39 Å². The lowest BCUT2D eigenvalue weighted by atomic mass is 9.98. The summed E-state index contributed by atoms with van der Waals surface area (Å²) in [6, 6.07) is 7.91. The van der Waals surface area contributed by atoms with Crippen LogP contribution in [0.2, 0.25) is 0 Å². The average molecular weight is 278 g/mol. The molecular formula is C17H27FN2. The van der Waals surface area contributed by atoms with Gasteiger partial charge in [0.05, 0.1) is 0 Å². The van der Waals surface area contributed by atoms with Crippen LogP contribution in [0.15, 0.2) is 24.3 Å². The van der Waals surface area contributed by atoms with Crippen molar-refractivity contribution in [3.63, 3.8) is 0 Å². The zero-order valence-corrected chi connectivity index (χ0v) is 12.9. The van der Waals surface area contributed by atoms with Crippen molar-refractivity contribution in [1.29, 1.82) is 0 Å². The van der Waals surface area contributed by atoms with Crippen LogP contribution in [0.4, 0.5) is 4.39 Å². The monoisotopic (exact) mass is 278 g/mol. The minimum Gasteiger partial charge on any atom is -0.317 e. The van der Waals surface area contributed by atoms with Crippen molar-refractivity contribution >= 4 is 0 Å². The van der Waals surface area contributed by atoms with Gasteiger partial charge in [-0.1, -0.05) is 24.6 Å². The predicted octanol–water partition coefficient (Wildman–Crippen LogP) is 3.60. The minimum atomic E-state index is -0.0965. The standard InChI is InChI=1S/C17H27FN2/c1-13(15-8-4-5-9-16(15)18)20(3)12-11-14-7-6-10-17(14)19-2/h4-5,8-9,13-14,17,19H,6-7,10-12H2,1-3H3. The molecule has 1 aliphatic carbocycles. The molecule has 0 spiro atoms. The number of hydrogen-bond acceptors (Lipinski definition) is 2. The Morgan fingerprint density at radius 2 is 2.10 bits per heavy atom. The highest BCUT2D eigenvalue weighted by Crippen LogP contribution is 2.29. The third-order valence-corrected chi connectivity index (χ3v) is 4.90. The minimum absolute atomic E-state index is 0.0965. The van der Waals surface area contributed by atoms with E-state index in [0.29, 0.717) is 6.04 Å². The maximum Gasteiger partial charge on any atom is 0.127 e. The van der Waals surface area contributed by atoms with Gasteiger partial charge in [-0.2, -0.15) is 0 Å². The molecule has 0 radical (unpaired) electrons. The van der Waals surface area contributed by atoms with Crippen LogP contribution in [0.1, 0.15) is 44.2 Å². The first-order valence-corrected chi connectivity index (χ1v) is 7.75. The zero-order valence-electron chi connectivity index (χ0n) is 12.9. The smallest absolute Gasteiger partial charge is 0.127 e. The molecule has 1 aromatic carbocycles. The molecule has 3 atom stereocenters. The van der Waals surface area contributed by atoms with E-state index in [1.54, 1.807) is 12.1 Å². The van der Waals surface area contributed by atoms with Gasteiger partial charge < -0.3 is 5.32 Å². The van der Waals surface area contributed by atoms with E-state index < -0.39 is 0 Å². The lowest BCUT2D eigenvalue weighted by Gasteiger charge is -2.28. The second kappa shape index (κ2) is 7.19. The van der Waals surface area contributed by atoms with Crippen LogP contribution in [0.5, 0.6) is 0 Å². The summed E-state index contributed by atoms with van der Waals surface area (Å²) in [5, 5.41) is 3.43. The first-order valence-electron chi connectivity index (χ1n) is 7.75. The lowest BCUT2D eigenvalue weighted by Crippen LogP contribution is -2.32. The molecule has 1 N–H and O–H groups in total. The second-order valence-electron chi connectivity index (χ2n) is 6.05. The Hall–Kier alpha value is -0.930. The van der Waals surface area contributed by atoms with Crippen molar-refractivity contribution in [2.75, 3.05) is 20.6 Å². The van der Waals surface area contributed by atoms with Crippen molar-refractivity contribution in [2.45, 2.75) is 44.7 Å². The van der Waals surface area contributed by atoms with Crippen LogP contribution in [-0.2, 0) is 0 Å². The molecule has 0 bridgehead atoms. The molecule has 3 heteroatoms. The fourth-order valence-corrected chi connectivity index (χ4v) is 3.38. The first kappa shape index (κ1) is 15.5. The Morgan fingerprint density at radius 3 is 2.80 bits per heavy atom. The summed E-state index contributed by atoms with van der Waals surface area (Å²) in [6.07, 6.45) is 5.16. The van der Waals surface area contributed by atoms with Gasteiger partial charge in [-0.3, -0.25) is 4.90 Å². The number of nitrogens with zero attached hydrogens (tertiary/aromatic N) is 1. The van der Waals surface area contributed by atoms with Gasteiger partial charge in [0.25, 0.3) is 0 Å². The van der Waals surface area contributed by atoms with E-state index in [0.717, 1.165) is 18.0 Å². The molecule has 2 rings (SSSR count). The van der Waals surface area contributed by atoms with Crippen LogP contribution >= 0.6 is 0 Å². The number of nitrogens with one attached hydrogen (secondary N) is 1. The molecule has 0 saturated heterocycles. The van der Waals surface area contributed by atoms with Gasteiger partial charge in [-0.05, 0) is 58.8 Å². The number of halogens is 1. The molecule has 112 valence electrons. The van der Waals surface area contributed by atoms with Crippen molar-refractivity contribution in [3.8, 4) is 0 Å². The largest absolute Gasteiger partial charge is 0.317 e. The van der Waals surface area contributed by atoms with E-state index in [2.05, 4.69) is 31.2 Å². The van der Waals surface area contributed by atoms with E-state index in [1.807, 2.05) is 12.1 Å². The normalized spacial score (nSPS) is 24.2. The van der Waals surface area contributed by atoms with Crippen LogP contribution in [0, 0.1) is 11.7 Å². The molecular weight excluding hydrogens is 251 g/mol. The molecule has 1 fully saturated rings. The molecule has 1 aliphatic rings. The molecule has 0 aromatic heterocycles. The molecule has 3 unspecified atom stereocenters. The van der Waals surface area contributed by atoms with Crippen molar-refractivity contribution < 1.29 is 4.39 Å². The third-order valence-electron chi connectivity index (χ3n) is 4.90. The lowest BCUT2D eigenvalue weighted by molar-refractivity contribution is 0.228.